The van der Waals surface area contributed by atoms with Gasteiger partial charge in [0.25, 0.3) is 0 Å². The fourth-order valence-corrected chi connectivity index (χ4v) is 5.23. The van der Waals surface area contributed by atoms with Crippen LogP contribution in [0, 0.1) is 17.8 Å². The summed E-state index contributed by atoms with van der Waals surface area (Å²) in [5.74, 6) is 1.51. The first-order chi connectivity index (χ1) is 17.0. The van der Waals surface area contributed by atoms with Gasteiger partial charge in [0.1, 0.15) is 5.75 Å². The molecular weight excluding hydrogens is 471 g/mol. The van der Waals surface area contributed by atoms with Gasteiger partial charge < -0.3 is 19.4 Å². The molecule has 1 N–H and O–H groups in total. The lowest BCUT2D eigenvalue weighted by Gasteiger charge is -2.39. The quantitative estimate of drug-likeness (QED) is 0.351. The molecule has 3 atom stereocenters. The van der Waals surface area contributed by atoms with Crippen molar-refractivity contribution < 1.29 is 27.4 Å². The lowest BCUT2D eigenvalue weighted by atomic mass is 9.74. The Kier molecular flexibility index (Phi) is 7.47. The van der Waals surface area contributed by atoms with E-state index >= 15 is 0 Å². The van der Waals surface area contributed by atoms with E-state index in [1.54, 1.807) is 0 Å². The van der Waals surface area contributed by atoms with Gasteiger partial charge in [0.15, 0.2) is 0 Å². The van der Waals surface area contributed by atoms with Gasteiger partial charge in [0.05, 0.1) is 24.6 Å². The van der Waals surface area contributed by atoms with Crippen LogP contribution in [-0.4, -0.2) is 29.0 Å². The van der Waals surface area contributed by atoms with Crippen LogP contribution in [0.4, 0.5) is 24.8 Å². The number of imidazole rings is 1. The molecule has 0 radical (unpaired) electrons. The molecule has 1 fully saturated rings. The Labute approximate surface area is 208 Å². The van der Waals surface area contributed by atoms with Crippen molar-refractivity contribution in [2.45, 2.75) is 58.9 Å². The summed E-state index contributed by atoms with van der Waals surface area (Å²) in [6.45, 7) is 6.75. The summed E-state index contributed by atoms with van der Waals surface area (Å²) in [5, 5.41) is 3.32. The van der Waals surface area contributed by atoms with Crippen molar-refractivity contribution >= 4 is 28.6 Å². The number of hydrogen-bond acceptors (Lipinski definition) is 5. The number of esters is 1. The molecule has 1 heterocycles. The fraction of sp³-hybridized carbons (Fsp3) is 0.481. The second-order valence-corrected chi connectivity index (χ2v) is 9.97. The molecule has 9 heteroatoms. The number of carbonyl (C=O) groups is 1. The van der Waals surface area contributed by atoms with E-state index in [0.717, 1.165) is 29.4 Å². The summed E-state index contributed by atoms with van der Waals surface area (Å²) in [6.07, 6.45) is -1.29. The predicted molar refractivity (Wildman–Crippen MR) is 132 cm³/mol. The van der Waals surface area contributed by atoms with Gasteiger partial charge in [-0.25, -0.2) is 4.98 Å². The summed E-state index contributed by atoms with van der Waals surface area (Å²) >= 11 is 0. The highest BCUT2D eigenvalue weighted by Crippen LogP contribution is 2.44. The van der Waals surface area contributed by atoms with Gasteiger partial charge >= 0.3 is 12.3 Å². The Balaban J connectivity index is 1.74. The van der Waals surface area contributed by atoms with Gasteiger partial charge in [-0.1, -0.05) is 33.3 Å². The van der Waals surface area contributed by atoms with E-state index in [1.807, 2.05) is 18.2 Å². The van der Waals surface area contributed by atoms with E-state index in [0.29, 0.717) is 29.4 Å². The van der Waals surface area contributed by atoms with Crippen LogP contribution in [0.1, 0.15) is 51.6 Å². The molecule has 36 heavy (non-hydrogen) atoms. The van der Waals surface area contributed by atoms with Crippen LogP contribution >= 0.6 is 0 Å². The molecule has 0 saturated heterocycles. The smallest absolute Gasteiger partial charge is 0.469 e. The van der Waals surface area contributed by atoms with Crippen molar-refractivity contribution in [1.82, 2.24) is 9.55 Å². The van der Waals surface area contributed by atoms with Crippen molar-refractivity contribution in [3.8, 4) is 5.75 Å². The zero-order valence-corrected chi connectivity index (χ0v) is 20.9. The highest BCUT2D eigenvalue weighted by Gasteiger charge is 2.34. The second-order valence-electron chi connectivity index (χ2n) is 9.97. The number of ether oxygens (including phenoxy) is 2. The molecule has 1 aliphatic rings. The summed E-state index contributed by atoms with van der Waals surface area (Å²) < 4.78 is 48.7. The van der Waals surface area contributed by atoms with E-state index in [1.165, 1.54) is 37.8 Å². The summed E-state index contributed by atoms with van der Waals surface area (Å²) in [4.78, 5) is 16.7. The highest BCUT2D eigenvalue weighted by molar-refractivity contribution is 5.82. The molecule has 0 spiro atoms. The Hall–Kier alpha value is -3.23. The van der Waals surface area contributed by atoms with Gasteiger partial charge in [-0.15, -0.1) is 13.2 Å². The third-order valence-corrected chi connectivity index (χ3v) is 6.99. The van der Waals surface area contributed by atoms with Crippen LogP contribution in [0.2, 0.25) is 0 Å². The summed E-state index contributed by atoms with van der Waals surface area (Å²) in [7, 11) is 1.36. The van der Waals surface area contributed by atoms with Crippen LogP contribution in [0.25, 0.3) is 11.0 Å². The maximum atomic E-state index is 12.6. The maximum Gasteiger partial charge on any atom is 0.573 e. The van der Waals surface area contributed by atoms with Crippen molar-refractivity contribution in [1.29, 1.82) is 0 Å². The summed E-state index contributed by atoms with van der Waals surface area (Å²) in [5.41, 5.74) is 3.10. The van der Waals surface area contributed by atoms with E-state index in [-0.39, 0.29) is 24.2 Å². The molecule has 3 aromatic rings. The van der Waals surface area contributed by atoms with E-state index in [4.69, 9.17) is 9.72 Å². The number of nitrogens with one attached hydrogen (secondary N) is 1. The molecule has 1 saturated carbocycles. The van der Waals surface area contributed by atoms with E-state index < -0.39 is 6.36 Å². The number of benzene rings is 2. The number of halogens is 3. The molecule has 1 unspecified atom stereocenters. The highest BCUT2D eigenvalue weighted by atomic mass is 19.4. The van der Waals surface area contributed by atoms with Gasteiger partial charge in [0, 0.05) is 11.7 Å². The van der Waals surface area contributed by atoms with Gasteiger partial charge in [-0.3, -0.25) is 4.79 Å². The van der Waals surface area contributed by atoms with E-state index in [2.05, 4.69) is 35.4 Å². The monoisotopic (exact) mass is 503 g/mol. The lowest BCUT2D eigenvalue weighted by Crippen LogP contribution is -2.30. The zero-order valence-electron chi connectivity index (χ0n) is 20.9. The number of aromatic nitrogens is 2. The molecule has 0 amide bonds. The van der Waals surface area contributed by atoms with E-state index in [9.17, 15) is 18.0 Å². The Morgan fingerprint density at radius 2 is 1.89 bits per heavy atom. The van der Waals surface area contributed by atoms with Crippen molar-refractivity contribution in [2.75, 3.05) is 12.4 Å². The molecule has 0 bridgehead atoms. The molecule has 1 aliphatic carbocycles. The van der Waals surface area contributed by atoms with Crippen LogP contribution in [0.5, 0.6) is 5.75 Å². The van der Waals surface area contributed by atoms with Crippen LogP contribution < -0.4 is 10.1 Å². The lowest BCUT2D eigenvalue weighted by molar-refractivity contribution is -0.274. The molecule has 2 aromatic carbocycles. The van der Waals surface area contributed by atoms with Crippen LogP contribution in [0.3, 0.4) is 0 Å². The van der Waals surface area contributed by atoms with Crippen LogP contribution in [-0.2, 0) is 16.0 Å². The third kappa shape index (κ3) is 5.94. The van der Waals surface area contributed by atoms with Crippen molar-refractivity contribution in [2.24, 2.45) is 17.8 Å². The zero-order chi connectivity index (χ0) is 26.0. The molecular formula is C27H32F3N3O3. The number of hydrogen-bond donors (Lipinski definition) is 1. The van der Waals surface area contributed by atoms with Gasteiger partial charge in [-0.2, -0.15) is 0 Å². The molecule has 1 aromatic heterocycles. The minimum Gasteiger partial charge on any atom is -0.469 e. The topological polar surface area (TPSA) is 65.4 Å². The summed E-state index contributed by atoms with van der Waals surface area (Å²) in [6, 6.07) is 11.6. The molecule has 194 valence electrons. The molecule has 6 nitrogen and oxygen atoms in total. The van der Waals surface area contributed by atoms with Crippen molar-refractivity contribution in [3.63, 3.8) is 0 Å². The normalized spacial score (nSPS) is 20.5. The molecule has 4 rings (SSSR count). The Bertz CT molecular complexity index is 1200. The largest absolute Gasteiger partial charge is 0.573 e. The number of methoxy groups -OCH3 is 1. The minimum absolute atomic E-state index is 0.151. The minimum atomic E-state index is -4.74. The number of rotatable bonds is 7. The average Bonchev–Trinajstić information content (AvgIpc) is 3.15. The number of carbonyl (C=O) groups excluding carboxylic acids is 1. The first-order valence-electron chi connectivity index (χ1n) is 12.2. The second kappa shape index (κ2) is 10.4. The number of fused-ring (bicyclic) bond motifs is 1. The standard InChI is InChI=1S/C27H32F3N3O3/c1-16(2)21-11-5-17(3)13-24(21)33-23-12-6-18(15-25(34)35-4)14-22(23)32-26(33)31-19-7-9-20(10-8-19)36-27(28,29)30/h6-10,12,14,16-17,21,24H,5,11,13,15H2,1-4H3,(H,31,32)/t17-,21?,24-/m1/s1. The fourth-order valence-electron chi connectivity index (χ4n) is 5.23. The van der Waals surface area contributed by atoms with Crippen LogP contribution in [0.15, 0.2) is 42.5 Å². The third-order valence-electron chi connectivity index (χ3n) is 6.99. The average molecular weight is 504 g/mol. The first kappa shape index (κ1) is 25.9. The van der Waals surface area contributed by atoms with Gasteiger partial charge in [0.2, 0.25) is 5.95 Å². The van der Waals surface area contributed by atoms with Gasteiger partial charge in [-0.05, 0) is 72.6 Å². The predicted octanol–water partition coefficient (Wildman–Crippen LogP) is 7.03. The molecule has 0 aliphatic heterocycles. The SMILES string of the molecule is COC(=O)Cc1ccc2c(c1)nc(Nc1ccc(OC(F)(F)F)cc1)n2[C@@H]1C[C@H](C)CCC1C(C)C. The number of anilines is 2. The first-order valence-corrected chi connectivity index (χ1v) is 12.2. The van der Waals surface area contributed by atoms with Crippen molar-refractivity contribution in [3.05, 3.63) is 48.0 Å². The Morgan fingerprint density at radius 3 is 2.53 bits per heavy atom. The Morgan fingerprint density at radius 1 is 1.17 bits per heavy atom. The maximum absolute atomic E-state index is 12.6. The number of nitrogens with zero attached hydrogens (tertiary/aromatic N) is 2. The number of alkyl halides is 3.